The summed E-state index contributed by atoms with van der Waals surface area (Å²) < 4.78 is 11.4. The zero-order chi connectivity index (χ0) is 16.1. The molecule has 4 heteroatoms. The largest absolute Gasteiger partial charge is 0.455 e. The van der Waals surface area contributed by atoms with E-state index in [2.05, 4.69) is 5.32 Å². The molecule has 3 rings (SSSR count). The summed E-state index contributed by atoms with van der Waals surface area (Å²) in [5.74, 6) is 1.35. The molecule has 1 N–H and O–H groups in total. The van der Waals surface area contributed by atoms with E-state index in [1.54, 1.807) is 0 Å². The number of hydrogen-bond acceptors (Lipinski definition) is 3. The summed E-state index contributed by atoms with van der Waals surface area (Å²) in [6.45, 7) is 2.77. The Morgan fingerprint density at radius 1 is 1.26 bits per heavy atom. The van der Waals surface area contributed by atoms with Gasteiger partial charge in [-0.1, -0.05) is 24.3 Å². The SMILES string of the molecule is Cc1cccc(Oc2ccccc2NC(=O)CC2CCCO2)c1. The molecule has 120 valence electrons. The van der Waals surface area contributed by atoms with E-state index in [0.29, 0.717) is 17.9 Å². The van der Waals surface area contributed by atoms with E-state index in [1.165, 1.54) is 0 Å². The molecule has 1 heterocycles. The number of ether oxygens (including phenoxy) is 2. The smallest absolute Gasteiger partial charge is 0.227 e. The van der Waals surface area contributed by atoms with E-state index in [1.807, 2.05) is 55.5 Å². The van der Waals surface area contributed by atoms with Crippen molar-refractivity contribution in [3.63, 3.8) is 0 Å². The number of nitrogens with one attached hydrogen (secondary N) is 1. The average Bonchev–Trinajstić information content (AvgIpc) is 3.02. The second kappa shape index (κ2) is 7.29. The molecule has 4 nitrogen and oxygen atoms in total. The number of para-hydroxylation sites is 2. The summed E-state index contributed by atoms with van der Waals surface area (Å²) in [4.78, 5) is 12.2. The predicted molar refractivity (Wildman–Crippen MR) is 89.9 cm³/mol. The molecule has 1 atom stereocenters. The van der Waals surface area contributed by atoms with Crippen LogP contribution in [0.25, 0.3) is 0 Å². The maximum Gasteiger partial charge on any atom is 0.227 e. The fourth-order valence-corrected chi connectivity index (χ4v) is 2.68. The summed E-state index contributed by atoms with van der Waals surface area (Å²) in [6, 6.07) is 15.3. The van der Waals surface area contributed by atoms with E-state index >= 15 is 0 Å². The summed E-state index contributed by atoms with van der Waals surface area (Å²) in [6.07, 6.45) is 2.42. The third kappa shape index (κ3) is 4.33. The normalized spacial score (nSPS) is 17.0. The van der Waals surface area contributed by atoms with Gasteiger partial charge in [-0.05, 0) is 49.6 Å². The molecule has 1 aliphatic rings. The maximum absolute atomic E-state index is 12.2. The molecule has 0 bridgehead atoms. The lowest BCUT2D eigenvalue weighted by Gasteiger charge is -2.14. The number of hydrogen-bond donors (Lipinski definition) is 1. The highest BCUT2D eigenvalue weighted by molar-refractivity contribution is 5.92. The molecule has 0 saturated carbocycles. The Morgan fingerprint density at radius 2 is 2.13 bits per heavy atom. The molecule has 2 aromatic rings. The molecule has 23 heavy (non-hydrogen) atoms. The quantitative estimate of drug-likeness (QED) is 0.896. The average molecular weight is 311 g/mol. The van der Waals surface area contributed by atoms with Crippen molar-refractivity contribution in [1.82, 2.24) is 0 Å². The number of amides is 1. The first-order valence-electron chi connectivity index (χ1n) is 7.96. The van der Waals surface area contributed by atoms with Crippen LogP contribution < -0.4 is 10.1 Å². The first-order valence-corrected chi connectivity index (χ1v) is 7.96. The molecule has 2 aromatic carbocycles. The van der Waals surface area contributed by atoms with Crippen LogP contribution in [0, 0.1) is 6.92 Å². The molecule has 1 aliphatic heterocycles. The van der Waals surface area contributed by atoms with Gasteiger partial charge in [0.1, 0.15) is 5.75 Å². The van der Waals surface area contributed by atoms with E-state index in [4.69, 9.17) is 9.47 Å². The highest BCUT2D eigenvalue weighted by atomic mass is 16.5. The van der Waals surface area contributed by atoms with E-state index in [-0.39, 0.29) is 12.0 Å². The van der Waals surface area contributed by atoms with Crippen LogP contribution in [-0.2, 0) is 9.53 Å². The van der Waals surface area contributed by atoms with E-state index in [9.17, 15) is 4.79 Å². The molecule has 1 unspecified atom stereocenters. The lowest BCUT2D eigenvalue weighted by atomic mass is 10.1. The fraction of sp³-hybridized carbons (Fsp3) is 0.316. The Labute approximate surface area is 136 Å². The molecule has 0 aliphatic carbocycles. The standard InChI is InChI=1S/C19H21NO3/c1-14-6-4-7-16(12-14)23-18-10-3-2-9-17(18)20-19(21)13-15-8-5-11-22-15/h2-4,6-7,9-10,12,15H,5,8,11,13H2,1H3,(H,20,21). The van der Waals surface area contributed by atoms with Crippen LogP contribution in [0.2, 0.25) is 0 Å². The van der Waals surface area contributed by atoms with Crippen LogP contribution in [0.1, 0.15) is 24.8 Å². The molecule has 0 radical (unpaired) electrons. The van der Waals surface area contributed by atoms with Crippen molar-refractivity contribution in [1.29, 1.82) is 0 Å². The monoisotopic (exact) mass is 311 g/mol. The minimum absolute atomic E-state index is 0.0415. The maximum atomic E-state index is 12.2. The predicted octanol–water partition coefficient (Wildman–Crippen LogP) is 4.29. The Morgan fingerprint density at radius 3 is 2.91 bits per heavy atom. The summed E-state index contributed by atoms with van der Waals surface area (Å²) in [5, 5.41) is 2.93. The van der Waals surface area contributed by atoms with Gasteiger partial charge in [-0.15, -0.1) is 0 Å². The van der Waals surface area contributed by atoms with Gasteiger partial charge in [0.25, 0.3) is 0 Å². The topological polar surface area (TPSA) is 47.6 Å². The number of carbonyl (C=O) groups excluding carboxylic acids is 1. The fourth-order valence-electron chi connectivity index (χ4n) is 2.68. The van der Waals surface area contributed by atoms with Gasteiger partial charge in [0.2, 0.25) is 5.91 Å². The minimum Gasteiger partial charge on any atom is -0.455 e. The zero-order valence-electron chi connectivity index (χ0n) is 13.2. The van der Waals surface area contributed by atoms with Crippen molar-refractivity contribution in [2.45, 2.75) is 32.3 Å². The van der Waals surface area contributed by atoms with Crippen LogP contribution in [0.15, 0.2) is 48.5 Å². The minimum atomic E-state index is -0.0443. The van der Waals surface area contributed by atoms with Crippen LogP contribution >= 0.6 is 0 Å². The van der Waals surface area contributed by atoms with Crippen molar-refractivity contribution in [3.8, 4) is 11.5 Å². The van der Waals surface area contributed by atoms with E-state index in [0.717, 1.165) is 30.8 Å². The number of rotatable bonds is 5. The molecule has 1 amide bonds. The van der Waals surface area contributed by atoms with Gasteiger partial charge in [0.05, 0.1) is 18.2 Å². The number of aryl methyl sites for hydroxylation is 1. The summed E-state index contributed by atoms with van der Waals surface area (Å²) in [7, 11) is 0. The molecule has 0 aromatic heterocycles. The molecular weight excluding hydrogens is 290 g/mol. The zero-order valence-corrected chi connectivity index (χ0v) is 13.2. The van der Waals surface area contributed by atoms with Crippen molar-refractivity contribution in [3.05, 3.63) is 54.1 Å². The second-order valence-electron chi connectivity index (χ2n) is 5.80. The van der Waals surface area contributed by atoms with Gasteiger partial charge < -0.3 is 14.8 Å². The van der Waals surface area contributed by atoms with Gasteiger partial charge in [-0.2, -0.15) is 0 Å². The van der Waals surface area contributed by atoms with Gasteiger partial charge in [0.15, 0.2) is 5.75 Å². The third-order valence-electron chi connectivity index (χ3n) is 3.82. The Bertz CT molecular complexity index is 678. The van der Waals surface area contributed by atoms with Gasteiger partial charge in [0, 0.05) is 6.61 Å². The van der Waals surface area contributed by atoms with Crippen molar-refractivity contribution < 1.29 is 14.3 Å². The van der Waals surface area contributed by atoms with Crippen LogP contribution in [0.4, 0.5) is 5.69 Å². The number of benzene rings is 2. The van der Waals surface area contributed by atoms with Crippen molar-refractivity contribution >= 4 is 11.6 Å². The Kier molecular flexibility index (Phi) is 4.93. The van der Waals surface area contributed by atoms with Gasteiger partial charge in [-0.25, -0.2) is 0 Å². The van der Waals surface area contributed by atoms with Crippen LogP contribution in [-0.4, -0.2) is 18.6 Å². The Balaban J connectivity index is 1.68. The highest BCUT2D eigenvalue weighted by Crippen LogP contribution is 2.30. The third-order valence-corrected chi connectivity index (χ3v) is 3.82. The highest BCUT2D eigenvalue weighted by Gasteiger charge is 2.19. The molecule has 0 spiro atoms. The lowest BCUT2D eigenvalue weighted by molar-refractivity contribution is -0.118. The summed E-state index contributed by atoms with van der Waals surface area (Å²) in [5.41, 5.74) is 1.81. The lowest BCUT2D eigenvalue weighted by Crippen LogP contribution is -2.19. The summed E-state index contributed by atoms with van der Waals surface area (Å²) >= 11 is 0. The van der Waals surface area contributed by atoms with E-state index < -0.39 is 0 Å². The number of anilines is 1. The van der Waals surface area contributed by atoms with Gasteiger partial charge in [-0.3, -0.25) is 4.79 Å². The first-order chi connectivity index (χ1) is 11.2. The van der Waals surface area contributed by atoms with Crippen molar-refractivity contribution in [2.75, 3.05) is 11.9 Å². The molecular formula is C19H21NO3. The van der Waals surface area contributed by atoms with Gasteiger partial charge >= 0.3 is 0 Å². The first kappa shape index (κ1) is 15.6. The van der Waals surface area contributed by atoms with Crippen LogP contribution in [0.5, 0.6) is 11.5 Å². The van der Waals surface area contributed by atoms with Crippen LogP contribution in [0.3, 0.4) is 0 Å². The van der Waals surface area contributed by atoms with Crippen molar-refractivity contribution in [2.24, 2.45) is 0 Å². The molecule has 1 fully saturated rings. The second-order valence-corrected chi connectivity index (χ2v) is 5.80. The molecule has 1 saturated heterocycles. The Hall–Kier alpha value is -2.33. The number of carbonyl (C=O) groups is 1.